The average molecular weight is 368 g/mol. The van der Waals surface area contributed by atoms with Crippen LogP contribution in [0, 0.1) is 11.6 Å². The van der Waals surface area contributed by atoms with Gasteiger partial charge in [-0.2, -0.15) is 0 Å². The number of carbonyl (C=O) groups is 1. The van der Waals surface area contributed by atoms with E-state index in [1.54, 1.807) is 0 Å². The molecule has 0 spiro atoms. The molecule has 0 bridgehead atoms. The molecule has 1 saturated heterocycles. The summed E-state index contributed by atoms with van der Waals surface area (Å²) < 4.78 is 46.4. The highest BCUT2D eigenvalue weighted by Crippen LogP contribution is 2.26. The Morgan fingerprint density at radius 2 is 2.19 bits per heavy atom. The van der Waals surface area contributed by atoms with Crippen molar-refractivity contribution in [2.75, 3.05) is 19.7 Å². The molecule has 1 aromatic heterocycles. The van der Waals surface area contributed by atoms with Crippen molar-refractivity contribution in [1.29, 1.82) is 0 Å². The summed E-state index contributed by atoms with van der Waals surface area (Å²) in [7, 11) is 0. The van der Waals surface area contributed by atoms with E-state index in [1.165, 1.54) is 17.2 Å². The van der Waals surface area contributed by atoms with Crippen LogP contribution in [0.25, 0.3) is 11.3 Å². The van der Waals surface area contributed by atoms with E-state index in [2.05, 4.69) is 4.98 Å². The van der Waals surface area contributed by atoms with Gasteiger partial charge >= 0.3 is 0 Å². The Morgan fingerprint density at radius 3 is 2.92 bits per heavy atom. The first-order valence-corrected chi connectivity index (χ1v) is 8.38. The van der Waals surface area contributed by atoms with Gasteiger partial charge in [-0.05, 0) is 25.0 Å². The van der Waals surface area contributed by atoms with Crippen LogP contribution in [0.3, 0.4) is 0 Å². The zero-order chi connectivity index (χ0) is 18.7. The summed E-state index contributed by atoms with van der Waals surface area (Å²) >= 11 is 0. The van der Waals surface area contributed by atoms with Crippen molar-refractivity contribution in [3.8, 4) is 11.3 Å². The van der Waals surface area contributed by atoms with Gasteiger partial charge in [0, 0.05) is 25.5 Å². The van der Waals surface area contributed by atoms with Crippen LogP contribution in [-0.2, 0) is 11.2 Å². The van der Waals surface area contributed by atoms with Crippen molar-refractivity contribution < 1.29 is 27.5 Å². The number of aliphatic hydroxyl groups excluding tert-OH is 1. The first-order chi connectivity index (χ1) is 12.4. The molecule has 2 heterocycles. The van der Waals surface area contributed by atoms with Gasteiger partial charge < -0.3 is 14.4 Å². The molecular formula is C18H19F3N2O3. The number of benzene rings is 1. The summed E-state index contributed by atoms with van der Waals surface area (Å²) in [4.78, 5) is 17.6. The number of aryl methyl sites for hydroxylation is 1. The molecule has 26 heavy (non-hydrogen) atoms. The number of carbonyl (C=O) groups excluding carboxylic acids is 1. The van der Waals surface area contributed by atoms with Gasteiger partial charge in [-0.15, -0.1) is 0 Å². The average Bonchev–Trinajstić information content (AvgIpc) is 3.08. The molecule has 1 aliphatic heterocycles. The Hall–Kier alpha value is -2.35. The third kappa shape index (κ3) is 4.07. The molecule has 3 rings (SSSR count). The predicted octanol–water partition coefficient (Wildman–Crippen LogP) is 2.88. The number of oxazole rings is 1. The summed E-state index contributed by atoms with van der Waals surface area (Å²) in [5.74, 6) is -1.33. The van der Waals surface area contributed by atoms with E-state index in [0.717, 1.165) is 12.1 Å². The number of likely N-dealkylation sites (tertiary alicyclic amines) is 1. The van der Waals surface area contributed by atoms with E-state index in [4.69, 9.17) is 9.52 Å². The molecule has 0 saturated carbocycles. The minimum absolute atomic E-state index is 0.0629. The molecular weight excluding hydrogens is 349 g/mol. The van der Waals surface area contributed by atoms with Crippen LogP contribution in [0.4, 0.5) is 13.2 Å². The number of aliphatic hydroxyl groups is 1. The Morgan fingerprint density at radius 1 is 1.38 bits per heavy atom. The molecule has 1 amide bonds. The molecule has 1 aliphatic rings. The van der Waals surface area contributed by atoms with E-state index in [9.17, 15) is 18.0 Å². The van der Waals surface area contributed by atoms with E-state index >= 15 is 0 Å². The maximum absolute atomic E-state index is 14.2. The smallest absolute Gasteiger partial charge is 0.223 e. The number of piperidine rings is 1. The first-order valence-electron chi connectivity index (χ1n) is 8.38. The summed E-state index contributed by atoms with van der Waals surface area (Å²) in [5, 5.41) is 9.12. The van der Waals surface area contributed by atoms with Crippen LogP contribution in [0.2, 0.25) is 0 Å². The predicted molar refractivity (Wildman–Crippen MR) is 86.9 cm³/mol. The van der Waals surface area contributed by atoms with Crippen LogP contribution in [0.5, 0.6) is 0 Å². The SMILES string of the molecule is O=C(CCc1ncc(-c2ccc(F)cc2F)o1)N1CCC[C@@](F)(CO)C1. The number of hydrogen-bond donors (Lipinski definition) is 1. The maximum atomic E-state index is 14.2. The number of aromatic nitrogens is 1. The van der Waals surface area contributed by atoms with Crippen molar-refractivity contribution in [1.82, 2.24) is 9.88 Å². The topological polar surface area (TPSA) is 66.6 Å². The van der Waals surface area contributed by atoms with Crippen LogP contribution >= 0.6 is 0 Å². The van der Waals surface area contributed by atoms with Crippen molar-refractivity contribution in [2.45, 2.75) is 31.4 Å². The molecule has 1 atom stereocenters. The van der Waals surface area contributed by atoms with Gasteiger partial charge in [0.25, 0.3) is 0 Å². The van der Waals surface area contributed by atoms with Gasteiger partial charge in [-0.25, -0.2) is 18.2 Å². The fourth-order valence-corrected chi connectivity index (χ4v) is 3.04. The zero-order valence-corrected chi connectivity index (χ0v) is 14.1. The van der Waals surface area contributed by atoms with Gasteiger partial charge in [-0.1, -0.05) is 0 Å². The van der Waals surface area contributed by atoms with E-state index < -0.39 is 23.9 Å². The number of amides is 1. The van der Waals surface area contributed by atoms with E-state index in [-0.39, 0.29) is 48.9 Å². The Bertz CT molecular complexity index is 796. The largest absolute Gasteiger partial charge is 0.441 e. The van der Waals surface area contributed by atoms with Gasteiger partial charge in [0.1, 0.15) is 11.6 Å². The second-order valence-electron chi connectivity index (χ2n) is 6.47. The third-order valence-electron chi connectivity index (χ3n) is 4.47. The van der Waals surface area contributed by atoms with Crippen molar-refractivity contribution in [3.63, 3.8) is 0 Å². The molecule has 8 heteroatoms. The molecule has 1 N–H and O–H groups in total. The normalized spacial score (nSPS) is 20.4. The highest BCUT2D eigenvalue weighted by molar-refractivity contribution is 5.76. The minimum atomic E-state index is -1.75. The van der Waals surface area contributed by atoms with Gasteiger partial charge in [0.2, 0.25) is 5.91 Å². The minimum Gasteiger partial charge on any atom is -0.441 e. The Balaban J connectivity index is 1.60. The quantitative estimate of drug-likeness (QED) is 0.881. The highest BCUT2D eigenvalue weighted by Gasteiger charge is 2.36. The van der Waals surface area contributed by atoms with Crippen LogP contribution in [-0.4, -0.2) is 46.3 Å². The second kappa shape index (κ2) is 7.49. The molecule has 2 aromatic rings. The molecule has 0 radical (unpaired) electrons. The first kappa shape index (κ1) is 18.4. The van der Waals surface area contributed by atoms with Gasteiger partial charge in [0.05, 0.1) is 24.9 Å². The Labute approximate surface area is 148 Å². The Kier molecular flexibility index (Phi) is 5.31. The maximum Gasteiger partial charge on any atom is 0.223 e. The molecule has 0 aliphatic carbocycles. The van der Waals surface area contributed by atoms with Crippen molar-refractivity contribution >= 4 is 5.91 Å². The fraction of sp³-hybridized carbons (Fsp3) is 0.444. The number of alkyl halides is 1. The summed E-state index contributed by atoms with van der Waals surface area (Å²) in [5.41, 5.74) is -1.66. The second-order valence-corrected chi connectivity index (χ2v) is 6.47. The lowest BCUT2D eigenvalue weighted by Gasteiger charge is -2.36. The van der Waals surface area contributed by atoms with E-state index in [1.807, 2.05) is 0 Å². The number of nitrogens with zero attached hydrogens (tertiary/aromatic N) is 2. The van der Waals surface area contributed by atoms with Crippen molar-refractivity contribution in [3.05, 3.63) is 41.9 Å². The standard InChI is InChI=1S/C18H19F3N2O3/c19-12-2-3-13(14(20)8-12)15-9-22-16(26-15)4-5-17(25)23-7-1-6-18(21,10-23)11-24/h2-3,8-9,24H,1,4-7,10-11H2/t18-/m0/s1. The van der Waals surface area contributed by atoms with Crippen LogP contribution in [0.15, 0.2) is 28.8 Å². The lowest BCUT2D eigenvalue weighted by Crippen LogP contribution is -2.49. The van der Waals surface area contributed by atoms with Crippen molar-refractivity contribution in [2.24, 2.45) is 0 Å². The van der Waals surface area contributed by atoms with Crippen LogP contribution in [0.1, 0.15) is 25.2 Å². The third-order valence-corrected chi connectivity index (χ3v) is 4.47. The monoisotopic (exact) mass is 368 g/mol. The molecule has 0 unspecified atom stereocenters. The van der Waals surface area contributed by atoms with Crippen LogP contribution < -0.4 is 0 Å². The molecule has 1 aromatic carbocycles. The number of halogens is 3. The van der Waals surface area contributed by atoms with Gasteiger partial charge in [-0.3, -0.25) is 4.79 Å². The fourth-order valence-electron chi connectivity index (χ4n) is 3.04. The number of hydrogen-bond acceptors (Lipinski definition) is 4. The summed E-state index contributed by atoms with van der Waals surface area (Å²) in [6.45, 7) is -0.287. The summed E-state index contributed by atoms with van der Waals surface area (Å²) in [6, 6.07) is 3.12. The molecule has 1 fully saturated rings. The molecule has 5 nitrogen and oxygen atoms in total. The highest BCUT2D eigenvalue weighted by atomic mass is 19.1. The lowest BCUT2D eigenvalue weighted by atomic mass is 9.95. The summed E-state index contributed by atoms with van der Waals surface area (Å²) in [6.07, 6.45) is 2.29. The number of rotatable bonds is 5. The van der Waals surface area contributed by atoms with Gasteiger partial charge in [0.15, 0.2) is 17.3 Å². The zero-order valence-electron chi connectivity index (χ0n) is 14.1. The molecule has 140 valence electrons. The van der Waals surface area contributed by atoms with E-state index in [0.29, 0.717) is 13.0 Å². The lowest BCUT2D eigenvalue weighted by molar-refractivity contribution is -0.136.